The maximum Gasteiger partial charge on any atom is 0.257 e. The Bertz CT molecular complexity index is 1110. The molecule has 158 valence electrons. The Hall–Kier alpha value is -2.97. The molecule has 1 aliphatic rings. The minimum atomic E-state index is 0.539. The van der Waals surface area contributed by atoms with Gasteiger partial charge in [0.2, 0.25) is 0 Å². The van der Waals surface area contributed by atoms with E-state index >= 15 is 0 Å². The van der Waals surface area contributed by atoms with E-state index in [1.54, 1.807) is 11.8 Å². The molecule has 8 heteroatoms. The van der Waals surface area contributed by atoms with Gasteiger partial charge in [-0.2, -0.15) is 4.98 Å². The van der Waals surface area contributed by atoms with Crippen molar-refractivity contribution in [2.45, 2.75) is 36.8 Å². The van der Waals surface area contributed by atoms with Crippen LogP contribution >= 0.6 is 11.8 Å². The van der Waals surface area contributed by atoms with Crippen LogP contribution in [0.15, 0.2) is 70.3 Å². The van der Waals surface area contributed by atoms with Crippen molar-refractivity contribution in [1.82, 2.24) is 29.8 Å². The lowest BCUT2D eigenvalue weighted by atomic mass is 10.2. The molecule has 1 fully saturated rings. The van der Waals surface area contributed by atoms with Crippen molar-refractivity contribution in [2.75, 3.05) is 13.1 Å². The number of likely N-dealkylation sites (tertiary alicyclic amines) is 1. The minimum absolute atomic E-state index is 0.539. The predicted octanol–water partition coefficient (Wildman–Crippen LogP) is 4.26. The van der Waals surface area contributed by atoms with Crippen LogP contribution < -0.4 is 0 Å². The van der Waals surface area contributed by atoms with Gasteiger partial charge in [-0.25, -0.2) is 0 Å². The molecule has 31 heavy (non-hydrogen) atoms. The maximum absolute atomic E-state index is 5.43. The Balaban J connectivity index is 1.33. The zero-order valence-corrected chi connectivity index (χ0v) is 18.0. The zero-order valence-electron chi connectivity index (χ0n) is 17.2. The molecule has 1 aliphatic heterocycles. The van der Waals surface area contributed by atoms with Gasteiger partial charge in [-0.3, -0.25) is 4.90 Å². The Morgan fingerprint density at radius 2 is 1.61 bits per heavy atom. The van der Waals surface area contributed by atoms with Crippen molar-refractivity contribution in [3.63, 3.8) is 0 Å². The zero-order chi connectivity index (χ0) is 20.9. The molecule has 5 rings (SSSR count). The van der Waals surface area contributed by atoms with Gasteiger partial charge in [0.05, 0.1) is 18.8 Å². The van der Waals surface area contributed by atoms with Crippen LogP contribution in [-0.4, -0.2) is 42.9 Å². The Kier molecular flexibility index (Phi) is 6.08. The lowest BCUT2D eigenvalue weighted by Gasteiger charge is -2.16. The van der Waals surface area contributed by atoms with Gasteiger partial charge in [0.15, 0.2) is 11.0 Å². The monoisotopic (exact) mass is 432 g/mol. The number of hydrogen-bond donors (Lipinski definition) is 0. The fourth-order valence-corrected chi connectivity index (χ4v) is 4.55. The standard InChI is InChI=1S/C23H24N6OS/c1-3-9-18(10-4-1)15-29-21(16-28-13-7-8-14-28)25-26-23(29)31-17-20-24-22(30-27-20)19-11-5-2-6-12-19/h1-6,9-12H,7-8,13-17H2. The number of rotatable bonds is 8. The Morgan fingerprint density at radius 1 is 0.871 bits per heavy atom. The quantitative estimate of drug-likeness (QED) is 0.385. The molecule has 0 N–H and O–H groups in total. The van der Waals surface area contributed by atoms with E-state index in [1.165, 1.54) is 18.4 Å². The summed E-state index contributed by atoms with van der Waals surface area (Å²) in [6.45, 7) is 3.85. The molecule has 0 unspecified atom stereocenters. The summed E-state index contributed by atoms with van der Waals surface area (Å²) >= 11 is 1.59. The van der Waals surface area contributed by atoms with Crippen LogP contribution in [0.1, 0.15) is 30.1 Å². The van der Waals surface area contributed by atoms with Gasteiger partial charge in [-0.1, -0.05) is 65.4 Å². The van der Waals surface area contributed by atoms with Crippen LogP contribution in [0, 0.1) is 0 Å². The Labute approximate surface area is 185 Å². The summed E-state index contributed by atoms with van der Waals surface area (Å²) in [4.78, 5) is 6.98. The van der Waals surface area contributed by atoms with Crippen molar-refractivity contribution >= 4 is 11.8 Å². The predicted molar refractivity (Wildman–Crippen MR) is 119 cm³/mol. The average Bonchev–Trinajstić information content (AvgIpc) is 3.57. The topological polar surface area (TPSA) is 72.9 Å². The first kappa shape index (κ1) is 20.0. The first-order valence-electron chi connectivity index (χ1n) is 10.5. The largest absolute Gasteiger partial charge is 0.334 e. The first-order valence-corrected chi connectivity index (χ1v) is 11.5. The van der Waals surface area contributed by atoms with Gasteiger partial charge in [0, 0.05) is 5.56 Å². The van der Waals surface area contributed by atoms with Gasteiger partial charge in [-0.05, 0) is 43.6 Å². The summed E-state index contributed by atoms with van der Waals surface area (Å²) in [5.41, 5.74) is 2.16. The fraction of sp³-hybridized carbons (Fsp3) is 0.304. The average molecular weight is 433 g/mol. The highest BCUT2D eigenvalue weighted by atomic mass is 32.2. The van der Waals surface area contributed by atoms with Crippen LogP contribution in [0.3, 0.4) is 0 Å². The van der Waals surface area contributed by atoms with E-state index < -0.39 is 0 Å². The van der Waals surface area contributed by atoms with Crippen LogP contribution in [-0.2, 0) is 18.8 Å². The molecule has 0 radical (unpaired) electrons. The number of thioether (sulfide) groups is 1. The number of benzene rings is 2. The number of hydrogen-bond acceptors (Lipinski definition) is 7. The Morgan fingerprint density at radius 3 is 2.39 bits per heavy atom. The normalized spacial score (nSPS) is 14.3. The molecule has 0 bridgehead atoms. The molecule has 4 aromatic rings. The molecule has 0 aliphatic carbocycles. The lowest BCUT2D eigenvalue weighted by molar-refractivity contribution is 0.316. The second kappa shape index (κ2) is 9.45. The smallest absolute Gasteiger partial charge is 0.257 e. The first-order chi connectivity index (χ1) is 15.3. The third-order valence-corrected chi connectivity index (χ3v) is 6.32. The lowest BCUT2D eigenvalue weighted by Crippen LogP contribution is -2.21. The van der Waals surface area contributed by atoms with Crippen LogP contribution in [0.25, 0.3) is 11.5 Å². The molecule has 2 aromatic carbocycles. The SMILES string of the molecule is c1ccc(Cn2c(CN3CCCC3)nnc2SCc2noc(-c3ccccc3)n2)cc1. The summed E-state index contributed by atoms with van der Waals surface area (Å²) < 4.78 is 7.65. The van der Waals surface area contributed by atoms with Gasteiger partial charge in [0.1, 0.15) is 5.82 Å². The van der Waals surface area contributed by atoms with Crippen molar-refractivity contribution in [3.8, 4) is 11.5 Å². The van der Waals surface area contributed by atoms with E-state index in [9.17, 15) is 0 Å². The van der Waals surface area contributed by atoms with Gasteiger partial charge < -0.3 is 9.09 Å². The molecule has 3 heterocycles. The van der Waals surface area contributed by atoms with E-state index in [0.717, 1.165) is 42.7 Å². The van der Waals surface area contributed by atoms with Crippen LogP contribution in [0.4, 0.5) is 0 Å². The van der Waals surface area contributed by atoms with Crippen molar-refractivity contribution in [1.29, 1.82) is 0 Å². The van der Waals surface area contributed by atoms with Crippen LogP contribution in [0.5, 0.6) is 0 Å². The van der Waals surface area contributed by atoms with E-state index in [1.807, 2.05) is 36.4 Å². The molecule has 1 saturated heterocycles. The van der Waals surface area contributed by atoms with Crippen molar-refractivity contribution in [3.05, 3.63) is 77.9 Å². The third-order valence-electron chi connectivity index (χ3n) is 5.36. The maximum atomic E-state index is 5.43. The van der Waals surface area contributed by atoms with Gasteiger partial charge in [-0.15, -0.1) is 10.2 Å². The fourth-order valence-electron chi connectivity index (χ4n) is 3.75. The van der Waals surface area contributed by atoms with Crippen LogP contribution in [0.2, 0.25) is 0 Å². The number of aromatic nitrogens is 5. The van der Waals surface area contributed by atoms with E-state index in [4.69, 9.17) is 4.52 Å². The molecular weight excluding hydrogens is 408 g/mol. The third kappa shape index (κ3) is 4.86. The highest BCUT2D eigenvalue weighted by Crippen LogP contribution is 2.25. The summed E-state index contributed by atoms with van der Waals surface area (Å²) in [6.07, 6.45) is 2.52. The second-order valence-corrected chi connectivity index (χ2v) is 8.57. The van der Waals surface area contributed by atoms with Crippen molar-refractivity contribution < 1.29 is 4.52 Å². The molecule has 2 aromatic heterocycles. The summed E-state index contributed by atoms with van der Waals surface area (Å²) in [6, 6.07) is 20.3. The minimum Gasteiger partial charge on any atom is -0.334 e. The van der Waals surface area contributed by atoms with E-state index in [2.05, 4.69) is 54.1 Å². The molecule has 0 amide bonds. The van der Waals surface area contributed by atoms with E-state index in [-0.39, 0.29) is 0 Å². The van der Waals surface area contributed by atoms with E-state index in [0.29, 0.717) is 17.5 Å². The number of nitrogens with zero attached hydrogens (tertiary/aromatic N) is 6. The van der Waals surface area contributed by atoms with Crippen molar-refractivity contribution in [2.24, 2.45) is 0 Å². The molecular formula is C23H24N6OS. The van der Waals surface area contributed by atoms with Gasteiger partial charge >= 0.3 is 0 Å². The summed E-state index contributed by atoms with van der Waals surface area (Å²) in [7, 11) is 0. The molecule has 0 atom stereocenters. The summed E-state index contributed by atoms with van der Waals surface area (Å²) in [5, 5.41) is 14.0. The molecule has 7 nitrogen and oxygen atoms in total. The highest BCUT2D eigenvalue weighted by Gasteiger charge is 2.19. The molecule has 0 spiro atoms. The summed E-state index contributed by atoms with van der Waals surface area (Å²) in [5.74, 6) is 2.77. The highest BCUT2D eigenvalue weighted by molar-refractivity contribution is 7.98. The van der Waals surface area contributed by atoms with Gasteiger partial charge in [0.25, 0.3) is 5.89 Å². The second-order valence-electron chi connectivity index (χ2n) is 7.62. The molecule has 0 saturated carbocycles.